The standard InChI is InChI=1S/C17H15NO2/c1-12-6-8-13(9-7-12)17(19)18-11-15-10-14-4-2-3-5-16(14)20-15/h2-10H,11H2,1H3,(H,18,19). The minimum Gasteiger partial charge on any atom is -0.459 e. The van der Waals surface area contributed by atoms with Gasteiger partial charge < -0.3 is 9.73 Å². The summed E-state index contributed by atoms with van der Waals surface area (Å²) in [6, 6.07) is 17.3. The molecule has 3 nitrogen and oxygen atoms in total. The van der Waals surface area contributed by atoms with Gasteiger partial charge in [0.25, 0.3) is 5.91 Å². The molecule has 0 aliphatic rings. The Hall–Kier alpha value is -2.55. The van der Waals surface area contributed by atoms with Gasteiger partial charge in [-0.3, -0.25) is 4.79 Å². The second kappa shape index (κ2) is 5.21. The van der Waals surface area contributed by atoms with Crippen LogP contribution in [0, 0.1) is 6.92 Å². The molecular formula is C17H15NO2. The fourth-order valence-corrected chi connectivity index (χ4v) is 2.10. The largest absolute Gasteiger partial charge is 0.459 e. The number of aryl methyl sites for hydroxylation is 1. The van der Waals surface area contributed by atoms with Crippen molar-refractivity contribution in [3.8, 4) is 0 Å². The predicted molar refractivity (Wildman–Crippen MR) is 78.6 cm³/mol. The summed E-state index contributed by atoms with van der Waals surface area (Å²) in [5.74, 6) is 0.664. The van der Waals surface area contributed by atoms with Crippen LogP contribution in [0.3, 0.4) is 0 Å². The van der Waals surface area contributed by atoms with Crippen LogP contribution in [-0.2, 0) is 6.54 Å². The molecule has 0 atom stereocenters. The first-order valence-corrected chi connectivity index (χ1v) is 6.55. The summed E-state index contributed by atoms with van der Waals surface area (Å²) in [6.45, 7) is 2.39. The quantitative estimate of drug-likeness (QED) is 0.785. The third-order valence-electron chi connectivity index (χ3n) is 3.21. The fourth-order valence-electron chi connectivity index (χ4n) is 2.10. The van der Waals surface area contributed by atoms with Crippen molar-refractivity contribution >= 4 is 16.9 Å². The van der Waals surface area contributed by atoms with Crippen molar-refractivity contribution in [2.24, 2.45) is 0 Å². The highest BCUT2D eigenvalue weighted by atomic mass is 16.3. The highest BCUT2D eigenvalue weighted by Gasteiger charge is 2.07. The number of para-hydroxylation sites is 1. The maximum Gasteiger partial charge on any atom is 0.251 e. The third-order valence-corrected chi connectivity index (χ3v) is 3.21. The molecule has 100 valence electrons. The molecule has 0 bridgehead atoms. The van der Waals surface area contributed by atoms with E-state index in [1.807, 2.05) is 61.5 Å². The average molecular weight is 265 g/mol. The molecule has 20 heavy (non-hydrogen) atoms. The Kier molecular flexibility index (Phi) is 3.25. The predicted octanol–water partition coefficient (Wildman–Crippen LogP) is 3.67. The topological polar surface area (TPSA) is 42.2 Å². The maximum absolute atomic E-state index is 12.0. The summed E-state index contributed by atoms with van der Waals surface area (Å²) in [6.07, 6.45) is 0. The Morgan fingerprint density at radius 1 is 1.10 bits per heavy atom. The van der Waals surface area contributed by atoms with Crippen LogP contribution >= 0.6 is 0 Å². The van der Waals surface area contributed by atoms with E-state index in [0.717, 1.165) is 22.3 Å². The van der Waals surface area contributed by atoms with E-state index in [1.165, 1.54) is 0 Å². The van der Waals surface area contributed by atoms with Gasteiger partial charge in [-0.1, -0.05) is 35.9 Å². The van der Waals surface area contributed by atoms with E-state index >= 15 is 0 Å². The Morgan fingerprint density at radius 3 is 2.60 bits per heavy atom. The zero-order chi connectivity index (χ0) is 13.9. The second-order valence-corrected chi connectivity index (χ2v) is 4.80. The normalized spacial score (nSPS) is 10.7. The van der Waals surface area contributed by atoms with Gasteiger partial charge in [0.1, 0.15) is 11.3 Å². The first kappa shape index (κ1) is 12.5. The van der Waals surface area contributed by atoms with E-state index in [0.29, 0.717) is 12.1 Å². The molecule has 3 heteroatoms. The van der Waals surface area contributed by atoms with Gasteiger partial charge in [-0.2, -0.15) is 0 Å². The molecule has 0 unspecified atom stereocenters. The highest BCUT2D eigenvalue weighted by molar-refractivity contribution is 5.94. The smallest absolute Gasteiger partial charge is 0.251 e. The zero-order valence-corrected chi connectivity index (χ0v) is 11.2. The van der Waals surface area contributed by atoms with E-state index in [4.69, 9.17) is 4.42 Å². The zero-order valence-electron chi connectivity index (χ0n) is 11.2. The van der Waals surface area contributed by atoms with Crippen LogP contribution in [0.2, 0.25) is 0 Å². The number of amides is 1. The van der Waals surface area contributed by atoms with Gasteiger partial charge >= 0.3 is 0 Å². The minimum atomic E-state index is -0.0922. The molecule has 2 aromatic carbocycles. The lowest BCUT2D eigenvalue weighted by atomic mass is 10.1. The SMILES string of the molecule is Cc1ccc(C(=O)NCc2cc3ccccc3o2)cc1. The molecule has 1 aromatic heterocycles. The highest BCUT2D eigenvalue weighted by Crippen LogP contribution is 2.18. The number of rotatable bonds is 3. The van der Waals surface area contributed by atoms with Gasteiger partial charge in [0.05, 0.1) is 6.54 Å². The van der Waals surface area contributed by atoms with Gasteiger partial charge in [-0.25, -0.2) is 0 Å². The average Bonchev–Trinajstić information content (AvgIpc) is 2.88. The van der Waals surface area contributed by atoms with Crippen LogP contribution in [0.4, 0.5) is 0 Å². The van der Waals surface area contributed by atoms with E-state index < -0.39 is 0 Å². The van der Waals surface area contributed by atoms with Gasteiger partial charge in [0.2, 0.25) is 0 Å². The first-order chi connectivity index (χ1) is 9.72. The second-order valence-electron chi connectivity index (χ2n) is 4.80. The van der Waals surface area contributed by atoms with Crippen molar-refractivity contribution < 1.29 is 9.21 Å². The molecule has 0 aliphatic carbocycles. The number of nitrogens with one attached hydrogen (secondary N) is 1. The van der Waals surface area contributed by atoms with E-state index in [1.54, 1.807) is 0 Å². The number of hydrogen-bond acceptors (Lipinski definition) is 2. The van der Waals surface area contributed by atoms with Gasteiger partial charge in [-0.15, -0.1) is 0 Å². The number of carbonyl (C=O) groups is 1. The molecule has 1 amide bonds. The van der Waals surface area contributed by atoms with Gasteiger partial charge in [-0.05, 0) is 31.2 Å². The Labute approximate surface area is 117 Å². The summed E-state index contributed by atoms with van der Waals surface area (Å²) >= 11 is 0. The van der Waals surface area contributed by atoms with Crippen LogP contribution < -0.4 is 5.32 Å². The summed E-state index contributed by atoms with van der Waals surface area (Å²) < 4.78 is 5.66. The van der Waals surface area contributed by atoms with E-state index in [-0.39, 0.29) is 5.91 Å². The molecule has 3 rings (SSSR count). The Morgan fingerprint density at radius 2 is 1.85 bits per heavy atom. The van der Waals surface area contributed by atoms with Crippen molar-refractivity contribution in [3.05, 3.63) is 71.5 Å². The molecule has 0 fully saturated rings. The van der Waals surface area contributed by atoms with Crippen LogP contribution in [0.5, 0.6) is 0 Å². The van der Waals surface area contributed by atoms with E-state index in [9.17, 15) is 4.79 Å². The van der Waals surface area contributed by atoms with E-state index in [2.05, 4.69) is 5.32 Å². The van der Waals surface area contributed by atoms with Crippen LogP contribution in [0.25, 0.3) is 11.0 Å². The molecule has 0 spiro atoms. The summed E-state index contributed by atoms with van der Waals surface area (Å²) in [4.78, 5) is 12.0. The number of carbonyl (C=O) groups excluding carboxylic acids is 1. The molecule has 0 saturated carbocycles. The monoisotopic (exact) mass is 265 g/mol. The van der Waals surface area contributed by atoms with Crippen molar-refractivity contribution in [1.29, 1.82) is 0 Å². The van der Waals surface area contributed by atoms with Crippen LogP contribution in [0.15, 0.2) is 59.0 Å². The molecule has 1 N–H and O–H groups in total. The van der Waals surface area contributed by atoms with Crippen LogP contribution in [-0.4, -0.2) is 5.91 Å². The lowest BCUT2D eigenvalue weighted by Crippen LogP contribution is -2.22. The number of fused-ring (bicyclic) bond motifs is 1. The van der Waals surface area contributed by atoms with Crippen molar-refractivity contribution in [3.63, 3.8) is 0 Å². The molecule has 3 aromatic rings. The Bertz CT molecular complexity index is 708. The van der Waals surface area contributed by atoms with Crippen molar-refractivity contribution in [2.45, 2.75) is 13.5 Å². The lowest BCUT2D eigenvalue weighted by molar-refractivity contribution is 0.0948. The molecule has 1 heterocycles. The van der Waals surface area contributed by atoms with Crippen molar-refractivity contribution in [2.75, 3.05) is 0 Å². The molecule has 0 aliphatic heterocycles. The number of benzene rings is 2. The molecule has 0 radical (unpaired) electrons. The number of furan rings is 1. The maximum atomic E-state index is 12.0. The minimum absolute atomic E-state index is 0.0922. The summed E-state index contributed by atoms with van der Waals surface area (Å²) in [5, 5.41) is 3.91. The third kappa shape index (κ3) is 2.57. The summed E-state index contributed by atoms with van der Waals surface area (Å²) in [7, 11) is 0. The van der Waals surface area contributed by atoms with Crippen LogP contribution in [0.1, 0.15) is 21.7 Å². The summed E-state index contributed by atoms with van der Waals surface area (Å²) in [5.41, 5.74) is 2.64. The fraction of sp³-hybridized carbons (Fsp3) is 0.118. The van der Waals surface area contributed by atoms with Gasteiger partial charge in [0.15, 0.2) is 0 Å². The number of hydrogen-bond donors (Lipinski definition) is 1. The lowest BCUT2D eigenvalue weighted by Gasteiger charge is -2.03. The van der Waals surface area contributed by atoms with Crippen molar-refractivity contribution in [1.82, 2.24) is 5.32 Å². The van der Waals surface area contributed by atoms with Gasteiger partial charge in [0, 0.05) is 10.9 Å². The first-order valence-electron chi connectivity index (χ1n) is 6.55. The molecular weight excluding hydrogens is 250 g/mol. The molecule has 0 saturated heterocycles. The Balaban J connectivity index is 1.69.